The van der Waals surface area contributed by atoms with Crippen LogP contribution in [0.3, 0.4) is 0 Å². The van der Waals surface area contributed by atoms with Crippen molar-refractivity contribution in [2.75, 3.05) is 19.6 Å². The molecule has 0 bridgehead atoms. The summed E-state index contributed by atoms with van der Waals surface area (Å²) in [5.74, 6) is 0. The molecule has 4 nitrogen and oxygen atoms in total. The Kier molecular flexibility index (Phi) is 5.24. The average Bonchev–Trinajstić information content (AvgIpc) is 3.07. The van der Waals surface area contributed by atoms with Gasteiger partial charge in [-0.1, -0.05) is 24.6 Å². The summed E-state index contributed by atoms with van der Waals surface area (Å²) in [7, 11) is 0. The first-order valence-electron chi connectivity index (χ1n) is 8.33. The van der Waals surface area contributed by atoms with E-state index in [2.05, 4.69) is 10.00 Å². The molecule has 0 spiro atoms. The van der Waals surface area contributed by atoms with Crippen LogP contribution in [0, 0.1) is 0 Å². The van der Waals surface area contributed by atoms with Crippen molar-refractivity contribution >= 4 is 0 Å². The second-order valence-electron chi connectivity index (χ2n) is 6.11. The van der Waals surface area contributed by atoms with Gasteiger partial charge in [-0.05, 0) is 57.5 Å². The molecule has 2 aromatic rings. The summed E-state index contributed by atoms with van der Waals surface area (Å²) in [4.78, 5) is 2.52. The molecule has 4 heteroatoms. The molecule has 1 saturated heterocycles. The van der Waals surface area contributed by atoms with E-state index in [1.165, 1.54) is 32.4 Å². The molecular formula is C18H25N3O. The lowest BCUT2D eigenvalue weighted by Gasteiger charge is -2.26. The third-order valence-corrected chi connectivity index (χ3v) is 4.41. The number of hydrogen-bond acceptors (Lipinski definition) is 3. The first-order chi connectivity index (χ1) is 10.8. The molecule has 0 saturated carbocycles. The summed E-state index contributed by atoms with van der Waals surface area (Å²) < 4.78 is 1.82. The summed E-state index contributed by atoms with van der Waals surface area (Å²) in [5, 5.41) is 14.7. The van der Waals surface area contributed by atoms with Crippen LogP contribution in [-0.2, 0) is 0 Å². The topological polar surface area (TPSA) is 41.3 Å². The first kappa shape index (κ1) is 15.3. The van der Waals surface area contributed by atoms with E-state index >= 15 is 0 Å². The van der Waals surface area contributed by atoms with Gasteiger partial charge in [0, 0.05) is 11.8 Å². The Morgan fingerprint density at radius 1 is 1.09 bits per heavy atom. The molecule has 0 amide bonds. The molecule has 1 aromatic carbocycles. The number of para-hydroxylation sites is 1. The molecule has 1 aromatic heterocycles. The summed E-state index contributed by atoms with van der Waals surface area (Å²) >= 11 is 0. The first-order valence-corrected chi connectivity index (χ1v) is 8.33. The van der Waals surface area contributed by atoms with Gasteiger partial charge >= 0.3 is 0 Å². The minimum Gasteiger partial charge on any atom is -0.388 e. The Labute approximate surface area is 132 Å². The van der Waals surface area contributed by atoms with E-state index in [4.69, 9.17) is 0 Å². The van der Waals surface area contributed by atoms with Crippen LogP contribution in [0.25, 0.3) is 5.69 Å². The maximum absolute atomic E-state index is 10.3. The maximum atomic E-state index is 10.3. The molecule has 1 N–H and O–H groups in total. The lowest BCUT2D eigenvalue weighted by Crippen LogP contribution is -2.30. The van der Waals surface area contributed by atoms with Gasteiger partial charge in [0.15, 0.2) is 0 Å². The minimum absolute atomic E-state index is 0.415. The van der Waals surface area contributed by atoms with Gasteiger partial charge in [-0.2, -0.15) is 5.10 Å². The van der Waals surface area contributed by atoms with Gasteiger partial charge in [-0.3, -0.25) is 0 Å². The Bertz CT molecular complexity index is 561. The zero-order chi connectivity index (χ0) is 15.2. The Morgan fingerprint density at radius 3 is 2.64 bits per heavy atom. The largest absolute Gasteiger partial charge is 0.388 e. The van der Waals surface area contributed by atoms with E-state index in [-0.39, 0.29) is 0 Å². The highest BCUT2D eigenvalue weighted by Crippen LogP contribution is 2.20. The van der Waals surface area contributed by atoms with Gasteiger partial charge in [-0.15, -0.1) is 0 Å². The van der Waals surface area contributed by atoms with Crippen LogP contribution in [0.1, 0.15) is 43.8 Å². The predicted octanol–water partition coefficient (Wildman–Crippen LogP) is 3.17. The van der Waals surface area contributed by atoms with E-state index in [0.29, 0.717) is 0 Å². The summed E-state index contributed by atoms with van der Waals surface area (Å²) in [6.45, 7) is 3.55. The van der Waals surface area contributed by atoms with Gasteiger partial charge in [-0.25, -0.2) is 4.68 Å². The van der Waals surface area contributed by atoms with Gasteiger partial charge < -0.3 is 10.0 Å². The highest BCUT2D eigenvalue weighted by atomic mass is 16.3. The van der Waals surface area contributed by atoms with E-state index in [1.807, 2.05) is 41.2 Å². The fourth-order valence-corrected chi connectivity index (χ4v) is 3.09. The highest BCUT2D eigenvalue weighted by molar-refractivity contribution is 5.31. The third kappa shape index (κ3) is 3.96. The quantitative estimate of drug-likeness (QED) is 0.890. The van der Waals surface area contributed by atoms with Crippen molar-refractivity contribution < 1.29 is 5.11 Å². The molecule has 1 aliphatic rings. The van der Waals surface area contributed by atoms with Gasteiger partial charge in [0.2, 0.25) is 0 Å². The second-order valence-corrected chi connectivity index (χ2v) is 6.11. The number of benzene rings is 1. The SMILES string of the molecule is OC(CCCN1CCCCC1)c1cnn(-c2ccccc2)c1. The van der Waals surface area contributed by atoms with E-state index < -0.39 is 6.10 Å². The number of nitrogens with zero attached hydrogens (tertiary/aromatic N) is 3. The van der Waals surface area contributed by atoms with E-state index in [0.717, 1.165) is 30.6 Å². The van der Waals surface area contributed by atoms with Crippen molar-refractivity contribution in [2.45, 2.75) is 38.2 Å². The summed E-state index contributed by atoms with van der Waals surface area (Å²) in [6, 6.07) is 10.00. The number of piperidine rings is 1. The fourth-order valence-electron chi connectivity index (χ4n) is 3.09. The number of aromatic nitrogens is 2. The number of hydrogen-bond donors (Lipinski definition) is 1. The van der Waals surface area contributed by atoms with Crippen LogP contribution in [0.5, 0.6) is 0 Å². The van der Waals surface area contributed by atoms with Crippen LogP contribution in [0.15, 0.2) is 42.7 Å². The van der Waals surface area contributed by atoms with Crippen LogP contribution in [0.2, 0.25) is 0 Å². The van der Waals surface area contributed by atoms with Crippen LogP contribution in [0.4, 0.5) is 0 Å². The standard InChI is InChI=1S/C18H25N3O/c22-18(10-7-13-20-11-5-2-6-12-20)16-14-19-21(15-16)17-8-3-1-4-9-17/h1,3-4,8-9,14-15,18,22H,2,5-7,10-13H2. The van der Waals surface area contributed by atoms with Crippen molar-refractivity contribution in [1.82, 2.24) is 14.7 Å². The molecule has 1 unspecified atom stereocenters. The number of aliphatic hydroxyl groups is 1. The average molecular weight is 299 g/mol. The summed E-state index contributed by atoms with van der Waals surface area (Å²) in [5.41, 5.74) is 1.93. The summed E-state index contributed by atoms with van der Waals surface area (Å²) in [6.07, 6.45) is 9.16. The highest BCUT2D eigenvalue weighted by Gasteiger charge is 2.13. The molecule has 1 aliphatic heterocycles. The Balaban J connectivity index is 1.50. The monoisotopic (exact) mass is 299 g/mol. The van der Waals surface area contributed by atoms with Crippen molar-refractivity contribution in [2.24, 2.45) is 0 Å². The van der Waals surface area contributed by atoms with Gasteiger partial charge in [0.25, 0.3) is 0 Å². The number of likely N-dealkylation sites (tertiary alicyclic amines) is 1. The Hall–Kier alpha value is -1.65. The van der Waals surface area contributed by atoms with Crippen molar-refractivity contribution in [3.8, 4) is 5.69 Å². The lowest BCUT2D eigenvalue weighted by atomic mass is 10.1. The fraction of sp³-hybridized carbons (Fsp3) is 0.500. The molecule has 118 valence electrons. The van der Waals surface area contributed by atoms with E-state index in [1.54, 1.807) is 6.20 Å². The minimum atomic E-state index is -0.415. The maximum Gasteiger partial charge on any atom is 0.0821 e. The molecule has 1 atom stereocenters. The molecule has 0 aliphatic carbocycles. The van der Waals surface area contributed by atoms with Crippen molar-refractivity contribution in [1.29, 1.82) is 0 Å². The van der Waals surface area contributed by atoms with Crippen molar-refractivity contribution in [3.63, 3.8) is 0 Å². The van der Waals surface area contributed by atoms with Gasteiger partial charge in [0.05, 0.1) is 18.0 Å². The molecule has 2 heterocycles. The van der Waals surface area contributed by atoms with Crippen LogP contribution < -0.4 is 0 Å². The number of rotatable bonds is 6. The van der Waals surface area contributed by atoms with E-state index in [9.17, 15) is 5.11 Å². The zero-order valence-corrected chi connectivity index (χ0v) is 13.1. The lowest BCUT2D eigenvalue weighted by molar-refractivity contribution is 0.151. The molecule has 1 fully saturated rings. The second kappa shape index (κ2) is 7.56. The van der Waals surface area contributed by atoms with Crippen molar-refractivity contribution in [3.05, 3.63) is 48.3 Å². The Morgan fingerprint density at radius 2 is 1.86 bits per heavy atom. The number of aliphatic hydroxyl groups excluding tert-OH is 1. The van der Waals surface area contributed by atoms with Crippen LogP contribution in [-0.4, -0.2) is 39.4 Å². The normalized spacial score (nSPS) is 17.5. The molecule has 22 heavy (non-hydrogen) atoms. The smallest absolute Gasteiger partial charge is 0.0821 e. The van der Waals surface area contributed by atoms with Gasteiger partial charge in [0.1, 0.15) is 0 Å². The third-order valence-electron chi connectivity index (χ3n) is 4.41. The zero-order valence-electron chi connectivity index (χ0n) is 13.1. The van der Waals surface area contributed by atoms with Crippen LogP contribution >= 0.6 is 0 Å². The molecule has 3 rings (SSSR count). The molecular weight excluding hydrogens is 274 g/mol. The predicted molar refractivity (Wildman–Crippen MR) is 88.0 cm³/mol. The molecule has 0 radical (unpaired) electrons.